The van der Waals surface area contributed by atoms with E-state index in [1.54, 1.807) is 0 Å². The van der Waals surface area contributed by atoms with Crippen molar-refractivity contribution in [2.45, 2.75) is 44.6 Å². The molecule has 0 heterocycles. The van der Waals surface area contributed by atoms with Gasteiger partial charge in [0.2, 0.25) is 0 Å². The summed E-state index contributed by atoms with van der Waals surface area (Å²) >= 11 is 5.64. The number of hydrogen-bond acceptors (Lipinski definition) is 2. The average molecular weight is 258 g/mol. The first-order valence-corrected chi connectivity index (χ1v) is 6.46. The zero-order valence-electron chi connectivity index (χ0n) is 9.72. The first-order valence-electron chi connectivity index (χ1n) is 6.08. The van der Waals surface area contributed by atoms with Crippen LogP contribution in [0, 0.1) is 5.82 Å². The highest BCUT2D eigenvalue weighted by atomic mass is 35.5. The van der Waals surface area contributed by atoms with Crippen molar-refractivity contribution in [3.8, 4) is 5.75 Å². The number of ether oxygens (including phenoxy) is 1. The van der Waals surface area contributed by atoms with Crippen LogP contribution in [0.15, 0.2) is 12.1 Å². The predicted octanol–water partition coefficient (Wildman–Crippen LogP) is 4.16. The van der Waals surface area contributed by atoms with Gasteiger partial charge in [-0.25, -0.2) is 4.39 Å². The molecule has 0 amide bonds. The molecule has 0 unspecified atom stereocenters. The molecular weight excluding hydrogens is 241 g/mol. The van der Waals surface area contributed by atoms with Crippen LogP contribution in [0.4, 0.5) is 10.1 Å². The molecule has 1 aromatic carbocycles. The average Bonchev–Trinajstić information content (AvgIpc) is 2.54. The molecule has 0 spiro atoms. The highest BCUT2D eigenvalue weighted by Gasteiger charge is 2.16. The third kappa shape index (κ3) is 3.25. The van der Waals surface area contributed by atoms with E-state index in [1.807, 2.05) is 0 Å². The molecule has 1 aliphatic carbocycles. The molecule has 0 atom stereocenters. The predicted molar refractivity (Wildman–Crippen MR) is 67.9 cm³/mol. The number of nitrogen functional groups attached to an aromatic ring is 1. The second kappa shape index (κ2) is 5.58. The van der Waals surface area contributed by atoms with Crippen LogP contribution in [-0.4, -0.2) is 6.10 Å². The number of anilines is 1. The van der Waals surface area contributed by atoms with Crippen molar-refractivity contribution in [2.24, 2.45) is 0 Å². The van der Waals surface area contributed by atoms with Crippen LogP contribution >= 0.6 is 11.6 Å². The van der Waals surface area contributed by atoms with Crippen LogP contribution < -0.4 is 10.5 Å². The lowest BCUT2D eigenvalue weighted by Gasteiger charge is -2.18. The number of halogens is 2. The van der Waals surface area contributed by atoms with Crippen LogP contribution in [0.1, 0.15) is 38.5 Å². The van der Waals surface area contributed by atoms with Gasteiger partial charge in [0.25, 0.3) is 0 Å². The van der Waals surface area contributed by atoms with Gasteiger partial charge in [-0.05, 0) is 31.7 Å². The molecule has 0 bridgehead atoms. The van der Waals surface area contributed by atoms with Gasteiger partial charge in [-0.15, -0.1) is 0 Å². The van der Waals surface area contributed by atoms with Gasteiger partial charge in [-0.2, -0.15) is 0 Å². The van der Waals surface area contributed by atoms with Crippen molar-refractivity contribution < 1.29 is 9.13 Å². The molecule has 17 heavy (non-hydrogen) atoms. The fraction of sp³-hybridized carbons (Fsp3) is 0.538. The van der Waals surface area contributed by atoms with E-state index in [-0.39, 0.29) is 11.1 Å². The quantitative estimate of drug-likeness (QED) is 0.638. The van der Waals surface area contributed by atoms with Gasteiger partial charge in [0.05, 0.1) is 16.8 Å². The molecule has 2 nitrogen and oxygen atoms in total. The van der Waals surface area contributed by atoms with E-state index in [1.165, 1.54) is 37.8 Å². The number of nitrogens with two attached hydrogens (primary N) is 1. The Morgan fingerprint density at radius 2 is 1.82 bits per heavy atom. The molecule has 0 radical (unpaired) electrons. The van der Waals surface area contributed by atoms with Gasteiger partial charge in [0.1, 0.15) is 11.6 Å². The van der Waals surface area contributed by atoms with E-state index >= 15 is 0 Å². The topological polar surface area (TPSA) is 35.2 Å². The highest BCUT2D eigenvalue weighted by Crippen LogP contribution is 2.31. The van der Waals surface area contributed by atoms with Crippen molar-refractivity contribution in [2.75, 3.05) is 5.73 Å². The third-order valence-electron chi connectivity index (χ3n) is 3.15. The minimum Gasteiger partial charge on any atom is -0.488 e. The van der Waals surface area contributed by atoms with Crippen molar-refractivity contribution in [3.63, 3.8) is 0 Å². The summed E-state index contributed by atoms with van der Waals surface area (Å²) < 4.78 is 19.1. The maximum atomic E-state index is 13.3. The van der Waals surface area contributed by atoms with E-state index in [9.17, 15) is 4.39 Å². The van der Waals surface area contributed by atoms with E-state index in [4.69, 9.17) is 22.1 Å². The lowest BCUT2D eigenvalue weighted by molar-refractivity contribution is 0.184. The molecule has 1 fully saturated rings. The number of benzene rings is 1. The minimum absolute atomic E-state index is 0.0377. The SMILES string of the molecule is Nc1cc(Cl)c(F)cc1OC1CCCCCC1. The molecule has 94 valence electrons. The Bertz CT molecular complexity index is 389. The van der Waals surface area contributed by atoms with Crippen LogP contribution in [0.2, 0.25) is 5.02 Å². The van der Waals surface area contributed by atoms with Gasteiger partial charge in [-0.3, -0.25) is 0 Å². The Labute approximate surface area is 106 Å². The molecule has 0 aromatic heterocycles. The second-order valence-corrected chi connectivity index (χ2v) is 4.94. The fourth-order valence-corrected chi connectivity index (χ4v) is 2.36. The van der Waals surface area contributed by atoms with Crippen LogP contribution in [0.5, 0.6) is 5.75 Å². The minimum atomic E-state index is -0.482. The standard InChI is InChI=1S/C13H17ClFNO/c14-10-7-12(16)13(8-11(10)15)17-9-5-3-1-2-4-6-9/h7-9H,1-6,16H2. The van der Waals surface area contributed by atoms with Crippen LogP contribution in [-0.2, 0) is 0 Å². The molecule has 1 saturated carbocycles. The first-order chi connectivity index (χ1) is 8.16. The summed E-state index contributed by atoms with van der Waals surface area (Å²) in [5.41, 5.74) is 6.17. The summed E-state index contributed by atoms with van der Waals surface area (Å²) in [5, 5.41) is 0.0377. The maximum Gasteiger partial charge on any atom is 0.145 e. The van der Waals surface area contributed by atoms with Gasteiger partial charge in [0.15, 0.2) is 0 Å². The smallest absolute Gasteiger partial charge is 0.145 e. The van der Waals surface area contributed by atoms with Crippen LogP contribution in [0.25, 0.3) is 0 Å². The number of hydrogen-bond donors (Lipinski definition) is 1. The summed E-state index contributed by atoms with van der Waals surface area (Å²) in [4.78, 5) is 0. The first kappa shape index (κ1) is 12.5. The van der Waals surface area contributed by atoms with Crippen molar-refractivity contribution >= 4 is 17.3 Å². The molecular formula is C13H17ClFNO. The summed E-state index contributed by atoms with van der Waals surface area (Å²) in [6.45, 7) is 0. The van der Waals surface area contributed by atoms with E-state index in [0.717, 1.165) is 12.8 Å². The van der Waals surface area contributed by atoms with E-state index in [2.05, 4.69) is 0 Å². The zero-order valence-corrected chi connectivity index (χ0v) is 10.5. The summed E-state index contributed by atoms with van der Waals surface area (Å²) in [7, 11) is 0. The molecule has 2 N–H and O–H groups in total. The summed E-state index contributed by atoms with van der Waals surface area (Å²) in [5.74, 6) is -0.0664. The Hall–Kier alpha value is -0.960. The molecule has 1 aromatic rings. The normalized spacial score (nSPS) is 17.8. The van der Waals surface area contributed by atoms with Crippen molar-refractivity contribution in [3.05, 3.63) is 23.0 Å². The van der Waals surface area contributed by atoms with Gasteiger partial charge < -0.3 is 10.5 Å². The second-order valence-electron chi connectivity index (χ2n) is 4.54. The Kier molecular flexibility index (Phi) is 4.11. The zero-order chi connectivity index (χ0) is 12.3. The Morgan fingerprint density at radius 1 is 1.18 bits per heavy atom. The highest BCUT2D eigenvalue weighted by molar-refractivity contribution is 6.31. The maximum absolute atomic E-state index is 13.3. The molecule has 0 aliphatic heterocycles. The lowest BCUT2D eigenvalue weighted by atomic mass is 10.1. The van der Waals surface area contributed by atoms with E-state index < -0.39 is 5.82 Å². The molecule has 1 aliphatic rings. The van der Waals surface area contributed by atoms with Crippen molar-refractivity contribution in [1.82, 2.24) is 0 Å². The Morgan fingerprint density at radius 3 is 2.47 bits per heavy atom. The summed E-state index contributed by atoms with van der Waals surface area (Å²) in [6.07, 6.45) is 7.03. The molecule has 2 rings (SSSR count). The van der Waals surface area contributed by atoms with Crippen LogP contribution in [0.3, 0.4) is 0 Å². The largest absolute Gasteiger partial charge is 0.488 e. The third-order valence-corrected chi connectivity index (χ3v) is 3.44. The monoisotopic (exact) mass is 257 g/mol. The fourth-order valence-electron chi connectivity index (χ4n) is 2.19. The Balaban J connectivity index is 2.09. The molecule has 0 saturated heterocycles. The molecule has 4 heteroatoms. The van der Waals surface area contributed by atoms with E-state index in [0.29, 0.717) is 11.4 Å². The van der Waals surface area contributed by atoms with Gasteiger partial charge in [-0.1, -0.05) is 24.4 Å². The number of rotatable bonds is 2. The van der Waals surface area contributed by atoms with Gasteiger partial charge in [0, 0.05) is 6.07 Å². The van der Waals surface area contributed by atoms with Crippen molar-refractivity contribution in [1.29, 1.82) is 0 Å². The van der Waals surface area contributed by atoms with Gasteiger partial charge >= 0.3 is 0 Å². The summed E-state index contributed by atoms with van der Waals surface area (Å²) in [6, 6.07) is 2.69. The lowest BCUT2D eigenvalue weighted by Crippen LogP contribution is -2.16.